The minimum absolute atomic E-state index is 0.208. The van der Waals surface area contributed by atoms with Crippen molar-refractivity contribution in [2.75, 3.05) is 21.3 Å². The van der Waals surface area contributed by atoms with E-state index in [1.807, 2.05) is 12.1 Å². The number of fused-ring (bicyclic) bond motifs is 1. The van der Waals surface area contributed by atoms with Crippen molar-refractivity contribution in [1.82, 2.24) is 4.98 Å². The molecule has 0 unspecified atom stereocenters. The highest BCUT2D eigenvalue weighted by atomic mass is 16.5. The zero-order valence-corrected chi connectivity index (χ0v) is 15.2. The largest absolute Gasteiger partial charge is 0.493 e. The third-order valence-corrected chi connectivity index (χ3v) is 4.13. The van der Waals surface area contributed by atoms with E-state index in [1.165, 1.54) is 7.11 Å². The molecule has 6 nitrogen and oxygen atoms in total. The average molecular weight is 365 g/mol. The van der Waals surface area contributed by atoms with Gasteiger partial charge in [-0.25, -0.2) is 9.78 Å². The lowest BCUT2D eigenvalue weighted by atomic mass is 10.1. The summed E-state index contributed by atoms with van der Waals surface area (Å²) in [6.07, 6.45) is 3.53. The molecule has 0 radical (unpaired) electrons. The van der Waals surface area contributed by atoms with E-state index >= 15 is 0 Å². The first-order chi connectivity index (χ1) is 13.1. The molecule has 3 aromatic rings. The number of benzene rings is 2. The number of pyridine rings is 1. The molecule has 0 aliphatic rings. The number of aromatic carboxylic acids is 1. The maximum Gasteiger partial charge on any atom is 0.336 e. The summed E-state index contributed by atoms with van der Waals surface area (Å²) >= 11 is 0. The molecule has 1 aromatic heterocycles. The van der Waals surface area contributed by atoms with Crippen LogP contribution in [-0.4, -0.2) is 37.4 Å². The van der Waals surface area contributed by atoms with Crippen LogP contribution in [0.3, 0.4) is 0 Å². The molecular formula is C21H19NO5. The van der Waals surface area contributed by atoms with Gasteiger partial charge >= 0.3 is 5.97 Å². The molecule has 1 heterocycles. The van der Waals surface area contributed by atoms with Crippen molar-refractivity contribution in [2.24, 2.45) is 0 Å². The Kier molecular flexibility index (Phi) is 5.26. The smallest absolute Gasteiger partial charge is 0.336 e. The fourth-order valence-corrected chi connectivity index (χ4v) is 2.89. The molecule has 0 aliphatic heterocycles. The second-order valence-corrected chi connectivity index (χ2v) is 5.67. The second-order valence-electron chi connectivity index (χ2n) is 5.67. The van der Waals surface area contributed by atoms with Crippen molar-refractivity contribution in [2.45, 2.75) is 0 Å². The fraction of sp³-hybridized carbons (Fsp3) is 0.143. The highest BCUT2D eigenvalue weighted by Gasteiger charge is 2.15. The predicted octanol–water partition coefficient (Wildman–Crippen LogP) is 4.13. The lowest BCUT2D eigenvalue weighted by Crippen LogP contribution is -2.00. The minimum atomic E-state index is -0.994. The molecule has 0 saturated carbocycles. The van der Waals surface area contributed by atoms with Crippen LogP contribution in [0.1, 0.15) is 21.6 Å². The Morgan fingerprint density at radius 1 is 0.963 bits per heavy atom. The molecule has 2 aromatic carbocycles. The van der Waals surface area contributed by atoms with Crippen LogP contribution in [-0.2, 0) is 0 Å². The number of carboxylic acid groups (broad SMARTS) is 1. The number of ether oxygens (including phenoxy) is 3. The van der Waals surface area contributed by atoms with E-state index in [0.29, 0.717) is 33.8 Å². The molecule has 6 heteroatoms. The Bertz CT molecular complexity index is 1030. The molecule has 0 bridgehead atoms. The zero-order chi connectivity index (χ0) is 19.4. The van der Waals surface area contributed by atoms with Crippen molar-refractivity contribution in [3.8, 4) is 17.2 Å². The van der Waals surface area contributed by atoms with Crippen LogP contribution in [0.2, 0.25) is 0 Å². The molecule has 138 valence electrons. The van der Waals surface area contributed by atoms with Crippen molar-refractivity contribution in [3.05, 3.63) is 59.3 Å². The number of methoxy groups -OCH3 is 3. The molecule has 0 atom stereocenters. The van der Waals surface area contributed by atoms with Crippen molar-refractivity contribution < 1.29 is 24.1 Å². The Balaban J connectivity index is 2.08. The third-order valence-electron chi connectivity index (χ3n) is 4.13. The highest BCUT2D eigenvalue weighted by Crippen LogP contribution is 2.40. The van der Waals surface area contributed by atoms with Crippen LogP contribution in [0.4, 0.5) is 0 Å². The summed E-state index contributed by atoms with van der Waals surface area (Å²) in [6, 6.07) is 12.3. The van der Waals surface area contributed by atoms with E-state index in [9.17, 15) is 9.90 Å². The second kappa shape index (κ2) is 7.78. The normalized spacial score (nSPS) is 10.9. The monoisotopic (exact) mass is 365 g/mol. The minimum Gasteiger partial charge on any atom is -0.493 e. The van der Waals surface area contributed by atoms with E-state index in [-0.39, 0.29) is 5.56 Å². The molecule has 1 N–H and O–H groups in total. The van der Waals surface area contributed by atoms with Crippen LogP contribution in [0, 0.1) is 0 Å². The maximum absolute atomic E-state index is 11.6. The zero-order valence-electron chi connectivity index (χ0n) is 15.2. The number of carboxylic acids is 1. The summed E-state index contributed by atoms with van der Waals surface area (Å²) in [7, 11) is 4.64. The Morgan fingerprint density at radius 3 is 2.37 bits per heavy atom. The van der Waals surface area contributed by atoms with Gasteiger partial charge in [-0.05, 0) is 36.4 Å². The number of hydrogen-bond acceptors (Lipinski definition) is 5. The number of carbonyl (C=O) groups is 1. The molecule has 0 spiro atoms. The fourth-order valence-electron chi connectivity index (χ4n) is 2.89. The Morgan fingerprint density at radius 2 is 1.70 bits per heavy atom. The van der Waals surface area contributed by atoms with Gasteiger partial charge in [0.25, 0.3) is 0 Å². The quantitative estimate of drug-likeness (QED) is 0.708. The number of hydrogen-bond donors (Lipinski definition) is 1. The third kappa shape index (κ3) is 3.55. The Labute approximate surface area is 156 Å². The van der Waals surface area contributed by atoms with E-state index in [1.54, 1.807) is 56.7 Å². The van der Waals surface area contributed by atoms with Crippen molar-refractivity contribution in [1.29, 1.82) is 0 Å². The van der Waals surface area contributed by atoms with E-state index in [2.05, 4.69) is 4.98 Å². The Hall–Kier alpha value is -3.54. The lowest BCUT2D eigenvalue weighted by molar-refractivity contribution is 0.0699. The van der Waals surface area contributed by atoms with Crippen molar-refractivity contribution in [3.63, 3.8) is 0 Å². The SMILES string of the molecule is COc1ccc(/C=C/c2cc(C(=O)O)c3ccccc3n2)c(OC)c1OC. The van der Waals surface area contributed by atoms with Crippen LogP contribution in [0.5, 0.6) is 17.2 Å². The van der Waals surface area contributed by atoms with Crippen LogP contribution < -0.4 is 14.2 Å². The first kappa shape index (κ1) is 18.3. The highest BCUT2D eigenvalue weighted by molar-refractivity contribution is 6.03. The number of nitrogens with zero attached hydrogens (tertiary/aromatic N) is 1. The van der Waals surface area contributed by atoms with Gasteiger partial charge in [-0.3, -0.25) is 0 Å². The van der Waals surface area contributed by atoms with Gasteiger partial charge in [-0.2, -0.15) is 0 Å². The predicted molar refractivity (Wildman–Crippen MR) is 104 cm³/mol. The summed E-state index contributed by atoms with van der Waals surface area (Å²) in [6.45, 7) is 0. The van der Waals surface area contributed by atoms with Gasteiger partial charge in [0.1, 0.15) is 0 Å². The van der Waals surface area contributed by atoms with Crippen LogP contribution in [0.15, 0.2) is 42.5 Å². The standard InChI is InChI=1S/C21H19NO5/c1-25-18-11-9-13(19(26-2)20(18)27-3)8-10-14-12-16(21(23)24)15-6-4-5-7-17(15)22-14/h4-12H,1-3H3,(H,23,24)/b10-8+. The maximum atomic E-state index is 11.6. The molecule has 0 fully saturated rings. The molecule has 27 heavy (non-hydrogen) atoms. The van der Waals surface area contributed by atoms with Gasteiger partial charge in [0, 0.05) is 10.9 Å². The molecule has 0 aliphatic carbocycles. The van der Waals surface area contributed by atoms with Gasteiger partial charge < -0.3 is 19.3 Å². The summed E-state index contributed by atoms with van der Waals surface area (Å²) in [4.78, 5) is 16.1. The van der Waals surface area contributed by atoms with Crippen molar-refractivity contribution >= 4 is 29.0 Å². The topological polar surface area (TPSA) is 77.9 Å². The van der Waals surface area contributed by atoms with Crippen LogP contribution >= 0.6 is 0 Å². The average Bonchev–Trinajstić information content (AvgIpc) is 2.70. The number of para-hydroxylation sites is 1. The van der Waals surface area contributed by atoms with Gasteiger partial charge in [0.2, 0.25) is 5.75 Å². The molecule has 0 saturated heterocycles. The van der Waals surface area contributed by atoms with Crippen LogP contribution in [0.25, 0.3) is 23.1 Å². The summed E-state index contributed by atoms with van der Waals surface area (Å²) < 4.78 is 16.1. The van der Waals surface area contributed by atoms with Gasteiger partial charge in [-0.15, -0.1) is 0 Å². The first-order valence-corrected chi connectivity index (χ1v) is 8.19. The molecule has 0 amide bonds. The number of rotatable bonds is 6. The lowest BCUT2D eigenvalue weighted by Gasteiger charge is -2.14. The molecule has 3 rings (SSSR count). The summed E-state index contributed by atoms with van der Waals surface area (Å²) in [5.41, 5.74) is 2.11. The molecular weight excluding hydrogens is 346 g/mol. The van der Waals surface area contributed by atoms with Gasteiger partial charge in [0.05, 0.1) is 38.1 Å². The van der Waals surface area contributed by atoms with E-state index in [0.717, 1.165) is 5.56 Å². The van der Waals surface area contributed by atoms with E-state index in [4.69, 9.17) is 14.2 Å². The number of aromatic nitrogens is 1. The van der Waals surface area contributed by atoms with Gasteiger partial charge in [-0.1, -0.05) is 18.2 Å². The first-order valence-electron chi connectivity index (χ1n) is 8.19. The van der Waals surface area contributed by atoms with Gasteiger partial charge in [0.15, 0.2) is 11.5 Å². The van der Waals surface area contributed by atoms with E-state index < -0.39 is 5.97 Å². The summed E-state index contributed by atoms with van der Waals surface area (Å²) in [5.74, 6) is 0.572. The summed E-state index contributed by atoms with van der Waals surface area (Å²) in [5, 5.41) is 10.1.